The number of nitrogens with zero attached hydrogens (tertiary/aromatic N) is 6. The van der Waals surface area contributed by atoms with Crippen molar-refractivity contribution in [3.05, 3.63) is 148 Å². The van der Waals surface area contributed by atoms with E-state index in [-0.39, 0.29) is 105 Å². The molecule has 0 aliphatic carbocycles. The maximum Gasteiger partial charge on any atom is 0.0162 e. The Bertz CT molecular complexity index is 1440. The zero-order chi connectivity index (χ0) is 46.1. The van der Waals surface area contributed by atoms with Crippen molar-refractivity contribution in [2.75, 3.05) is 101 Å². The van der Waals surface area contributed by atoms with Crippen molar-refractivity contribution in [2.24, 2.45) is 11.8 Å². The summed E-state index contributed by atoms with van der Waals surface area (Å²) in [5, 5.41) is 0. The Kier molecular flexibility index (Phi) is 54.3. The average Bonchev–Trinajstić information content (AvgIpc) is 3.26. The number of piperidine rings is 2. The minimum absolute atomic E-state index is 0. The molecule has 0 amide bonds. The fraction of sp³-hybridized carbons (Fsp3) is 0.554. The smallest absolute Gasteiger partial charge is 0.0162 e. The van der Waals surface area contributed by atoms with Gasteiger partial charge in [0.05, 0.1) is 0 Å². The van der Waals surface area contributed by atoms with Crippen LogP contribution in [0.3, 0.4) is 0 Å². The number of piperazine rings is 1. The van der Waals surface area contributed by atoms with Gasteiger partial charge in [0.15, 0.2) is 0 Å². The van der Waals surface area contributed by atoms with Crippen molar-refractivity contribution < 1.29 is 105 Å². The largest absolute Gasteiger partial charge is 0.394 e. The van der Waals surface area contributed by atoms with Crippen LogP contribution in [-0.4, -0.2) is 130 Å². The van der Waals surface area contributed by atoms with Gasteiger partial charge in [0.1, 0.15) is 0 Å². The van der Waals surface area contributed by atoms with Crippen LogP contribution in [0.15, 0.2) is 84.6 Å². The van der Waals surface area contributed by atoms with Crippen molar-refractivity contribution in [2.45, 2.75) is 94.4 Å². The van der Waals surface area contributed by atoms with Crippen LogP contribution in [0, 0.1) is 83.8 Å². The minimum Gasteiger partial charge on any atom is -0.394 e. The van der Waals surface area contributed by atoms with E-state index < -0.39 is 0 Å². The molecule has 0 saturated carbocycles. The second-order valence-electron chi connectivity index (χ2n) is 18.2. The van der Waals surface area contributed by atoms with E-state index in [9.17, 15) is 0 Å². The summed E-state index contributed by atoms with van der Waals surface area (Å²) in [6, 6.07) is 33.8. The maximum absolute atomic E-state index is 3.76. The van der Waals surface area contributed by atoms with Gasteiger partial charge in [-0.2, -0.15) is 82.9 Å². The Morgan fingerprint density at radius 1 is 0.463 bits per heavy atom. The predicted octanol–water partition coefficient (Wildman–Crippen LogP) is 10.8. The normalized spacial score (nSPS) is 16.2. The van der Waals surface area contributed by atoms with Crippen LogP contribution in [0.1, 0.15) is 86.3 Å². The van der Waals surface area contributed by atoms with Gasteiger partial charge < -0.3 is 47.7 Å². The van der Waals surface area contributed by atoms with Crippen molar-refractivity contribution in [1.82, 2.24) is 29.5 Å². The standard InChI is InChI=1S/2C8H9.2C7H15N.C7H13N.C7H6.C6H14N2.C6H6N.5W/c5*1-7-3-5-8(2)6-4-7;1-7-5-3-2-4-6-7;1-7-3-5-8(2)6-4-7;1-6-3-2-4-7-5-6;;;;;/h2*3-5H,1-2H3;2*7H,3-6H2,1-2H3;3H,4-6H2,1-2H3;3-5H,1H3;3-6H2,1-2H3;2-3,5H,1H3;;;;;/q2*-1;;;;-2;;-1;;;;;. The van der Waals surface area contributed by atoms with Crippen LogP contribution in [0.2, 0.25) is 0 Å². The van der Waals surface area contributed by atoms with Crippen LogP contribution in [0.4, 0.5) is 0 Å². The summed E-state index contributed by atoms with van der Waals surface area (Å²) >= 11 is 0. The average molecular weight is 1760 g/mol. The number of likely N-dealkylation sites (tertiary alicyclic amines) is 2. The number of pyridine rings is 1. The van der Waals surface area contributed by atoms with E-state index in [2.05, 4.69) is 160 Å². The van der Waals surface area contributed by atoms with Gasteiger partial charge in [0.2, 0.25) is 0 Å². The number of hydrogen-bond acceptors (Lipinski definition) is 6. The SMILES string of the molecule is CC1=CCN(C)CC1.CC1CCN(C)CC1.CC1CCN(C)CC1.CN1CCN(C)CC1.Cc1[c-]c[c-]cc1.Cc1[c-]cc(C)cc1.Cc1[c-]cc(C)cc1.Cc1cc[c-]nc1.[W].[W].[W].[W].[W]. The van der Waals surface area contributed by atoms with Gasteiger partial charge in [-0.25, -0.2) is 0 Å². The molecule has 4 aromatic rings. The molecule has 5 heterocycles. The number of rotatable bonds is 0. The molecule has 0 unspecified atom stereocenters. The van der Waals surface area contributed by atoms with Gasteiger partial charge in [-0.1, -0.05) is 79.4 Å². The van der Waals surface area contributed by atoms with Gasteiger partial charge in [0, 0.05) is 145 Å². The van der Waals surface area contributed by atoms with Gasteiger partial charge in [-0.15, -0.1) is 5.56 Å². The molecule has 3 aromatic carbocycles. The first-order chi connectivity index (χ1) is 29.5. The molecule has 8 rings (SSSR count). The number of aryl methyl sites for hydroxylation is 6. The Hall–Kier alpha value is -0.208. The third kappa shape index (κ3) is 46.6. The molecule has 0 N–H and O–H groups in total. The molecule has 4 aliphatic rings. The summed E-state index contributed by atoms with van der Waals surface area (Å²) < 4.78 is 0. The van der Waals surface area contributed by atoms with Crippen LogP contribution < -0.4 is 0 Å². The predicted molar refractivity (Wildman–Crippen MR) is 269 cm³/mol. The number of hydrogen-bond donors (Lipinski definition) is 0. The first-order valence-corrected chi connectivity index (χ1v) is 23.1. The Morgan fingerprint density at radius 3 is 1.10 bits per heavy atom. The summed E-state index contributed by atoms with van der Waals surface area (Å²) in [5.41, 5.74) is 8.85. The molecule has 4 aliphatic heterocycles. The maximum atomic E-state index is 3.76. The fourth-order valence-corrected chi connectivity index (χ4v) is 6.03. The summed E-state index contributed by atoms with van der Waals surface area (Å²) in [6.45, 7) is 31.6. The quantitative estimate of drug-likeness (QED) is 0.129. The molecule has 0 bridgehead atoms. The van der Waals surface area contributed by atoms with E-state index in [1.165, 1.54) is 124 Å². The first-order valence-electron chi connectivity index (χ1n) is 23.1. The second kappa shape index (κ2) is 48.1. The Balaban J connectivity index is -0.000000216. The third-order valence-corrected chi connectivity index (χ3v) is 11.2. The van der Waals surface area contributed by atoms with Crippen LogP contribution in [0.25, 0.3) is 0 Å². The monoisotopic (exact) mass is 1760 g/mol. The minimum atomic E-state index is 0. The number of likely N-dealkylation sites (N-methyl/N-ethyl adjacent to an activating group) is 3. The van der Waals surface area contributed by atoms with E-state index in [0.29, 0.717) is 0 Å². The fourth-order valence-electron chi connectivity index (χ4n) is 6.03. The molecular formula is C56H87N6W5-5. The molecule has 0 spiro atoms. The van der Waals surface area contributed by atoms with Crippen molar-refractivity contribution in [3.8, 4) is 0 Å². The van der Waals surface area contributed by atoms with Crippen molar-refractivity contribution >= 4 is 0 Å². The Morgan fingerprint density at radius 2 is 0.881 bits per heavy atom. The number of aromatic nitrogens is 1. The molecule has 376 valence electrons. The van der Waals surface area contributed by atoms with Crippen LogP contribution >= 0.6 is 0 Å². The second-order valence-corrected chi connectivity index (χ2v) is 18.2. The molecule has 1 aromatic heterocycles. The molecule has 0 atom stereocenters. The first kappa shape index (κ1) is 75.7. The summed E-state index contributed by atoms with van der Waals surface area (Å²) in [6.07, 6.45) is 13.6. The van der Waals surface area contributed by atoms with Crippen molar-refractivity contribution in [3.63, 3.8) is 0 Å². The molecule has 3 saturated heterocycles. The van der Waals surface area contributed by atoms with Gasteiger partial charge in [-0.3, -0.25) is 17.7 Å². The summed E-state index contributed by atoms with van der Waals surface area (Å²) in [5.74, 6) is 1.96. The third-order valence-electron chi connectivity index (χ3n) is 11.2. The topological polar surface area (TPSA) is 29.1 Å². The summed E-state index contributed by atoms with van der Waals surface area (Å²) in [7, 11) is 10.9. The molecule has 0 radical (unpaired) electrons. The zero-order valence-electron chi connectivity index (χ0n) is 44.0. The molecule has 3 fully saturated rings. The zero-order valence-corrected chi connectivity index (χ0v) is 58.7. The molecule has 11 heteroatoms. The van der Waals surface area contributed by atoms with E-state index in [4.69, 9.17) is 0 Å². The van der Waals surface area contributed by atoms with Gasteiger partial charge >= 0.3 is 0 Å². The van der Waals surface area contributed by atoms with Gasteiger partial charge in [-0.05, 0) is 112 Å². The molecule has 67 heavy (non-hydrogen) atoms. The van der Waals surface area contributed by atoms with Crippen LogP contribution in [0.5, 0.6) is 0 Å². The van der Waals surface area contributed by atoms with Gasteiger partial charge in [0.25, 0.3) is 0 Å². The van der Waals surface area contributed by atoms with E-state index in [1.807, 2.05) is 58.0 Å². The molecular weight excluding hydrogens is 1680 g/mol. The van der Waals surface area contributed by atoms with Crippen LogP contribution in [-0.2, 0) is 105 Å². The van der Waals surface area contributed by atoms with E-state index >= 15 is 0 Å². The molecule has 6 nitrogen and oxygen atoms in total. The number of benzene rings is 3. The van der Waals surface area contributed by atoms with E-state index in [1.54, 1.807) is 23.9 Å². The van der Waals surface area contributed by atoms with E-state index in [0.717, 1.165) is 18.4 Å². The Labute approximate surface area is 485 Å². The summed E-state index contributed by atoms with van der Waals surface area (Å²) in [4.78, 5) is 15.6. The van der Waals surface area contributed by atoms with Crippen molar-refractivity contribution in [1.29, 1.82) is 0 Å².